The van der Waals surface area contributed by atoms with Crippen molar-refractivity contribution in [2.75, 3.05) is 0 Å². The van der Waals surface area contributed by atoms with Crippen molar-refractivity contribution in [2.24, 2.45) is 5.92 Å². The Morgan fingerprint density at radius 2 is 2.11 bits per heavy atom. The Hall–Kier alpha value is -1.57. The van der Waals surface area contributed by atoms with Gasteiger partial charge >= 0.3 is 0 Å². The predicted octanol–water partition coefficient (Wildman–Crippen LogP) is 3.72. The van der Waals surface area contributed by atoms with E-state index in [1.807, 2.05) is 13.8 Å². The van der Waals surface area contributed by atoms with Crippen molar-refractivity contribution in [1.29, 1.82) is 0 Å². The second-order valence-electron chi connectivity index (χ2n) is 5.22. The highest BCUT2D eigenvalue weighted by Gasteiger charge is 2.29. The SMILES string of the molecule is C=C(C)C(=C)C1C/C=C(/C)C2=CC(=O)C(CC1)O2. The molecule has 96 valence electrons. The number of hydrogen-bond acceptors (Lipinski definition) is 2. The van der Waals surface area contributed by atoms with Gasteiger partial charge in [-0.05, 0) is 50.2 Å². The number of carbonyl (C=O) groups excluding carboxylic acids is 1. The summed E-state index contributed by atoms with van der Waals surface area (Å²) in [6.45, 7) is 12.1. The first-order valence-corrected chi connectivity index (χ1v) is 6.43. The third kappa shape index (κ3) is 2.47. The molecular weight excluding hydrogens is 224 g/mol. The average Bonchev–Trinajstić information content (AvgIpc) is 2.71. The molecule has 0 aliphatic carbocycles. The molecule has 0 fully saturated rings. The van der Waals surface area contributed by atoms with Gasteiger partial charge in [-0.1, -0.05) is 24.8 Å². The lowest BCUT2D eigenvalue weighted by atomic mass is 9.86. The van der Waals surface area contributed by atoms with Gasteiger partial charge < -0.3 is 4.74 Å². The number of ether oxygens (including phenoxy) is 1. The summed E-state index contributed by atoms with van der Waals surface area (Å²) in [5, 5.41) is 0. The molecule has 2 aliphatic heterocycles. The number of carbonyl (C=O) groups is 1. The molecule has 0 aromatic heterocycles. The van der Waals surface area contributed by atoms with Gasteiger partial charge in [0.25, 0.3) is 0 Å². The van der Waals surface area contributed by atoms with Crippen LogP contribution in [0, 0.1) is 5.92 Å². The second kappa shape index (κ2) is 4.97. The van der Waals surface area contributed by atoms with Gasteiger partial charge in [-0.25, -0.2) is 0 Å². The first-order chi connectivity index (χ1) is 8.49. The third-order valence-corrected chi connectivity index (χ3v) is 3.78. The van der Waals surface area contributed by atoms with Crippen LogP contribution in [0.2, 0.25) is 0 Å². The molecule has 0 radical (unpaired) electrons. The van der Waals surface area contributed by atoms with Crippen molar-refractivity contribution in [2.45, 2.75) is 39.2 Å². The highest BCUT2D eigenvalue weighted by molar-refractivity contribution is 5.96. The molecule has 0 aromatic rings. The molecule has 2 aliphatic rings. The fraction of sp³-hybridized carbons (Fsp3) is 0.438. The molecule has 2 atom stereocenters. The standard InChI is InChI=1S/C16H20O2/c1-10(2)12(4)13-6-5-11(3)16-9-14(17)15(18-16)8-7-13/h5,9,13,15H,1,4,6-8H2,2-3H3/b11-5-. The lowest BCUT2D eigenvalue weighted by Crippen LogP contribution is -2.18. The Labute approximate surface area is 109 Å². The van der Waals surface area contributed by atoms with Crippen LogP contribution in [0.3, 0.4) is 0 Å². The topological polar surface area (TPSA) is 26.3 Å². The summed E-state index contributed by atoms with van der Waals surface area (Å²) >= 11 is 0. The van der Waals surface area contributed by atoms with Crippen LogP contribution < -0.4 is 0 Å². The summed E-state index contributed by atoms with van der Waals surface area (Å²) in [6, 6.07) is 0. The van der Waals surface area contributed by atoms with Crippen LogP contribution in [0.25, 0.3) is 0 Å². The Morgan fingerprint density at radius 1 is 1.39 bits per heavy atom. The molecule has 0 saturated heterocycles. The van der Waals surface area contributed by atoms with Crippen molar-refractivity contribution in [3.63, 3.8) is 0 Å². The number of rotatable bonds is 2. The van der Waals surface area contributed by atoms with E-state index in [-0.39, 0.29) is 11.9 Å². The van der Waals surface area contributed by atoms with Crippen LogP contribution in [-0.4, -0.2) is 11.9 Å². The molecule has 2 rings (SSSR count). The van der Waals surface area contributed by atoms with Gasteiger partial charge in [0, 0.05) is 6.08 Å². The minimum Gasteiger partial charge on any atom is -0.482 e. The third-order valence-electron chi connectivity index (χ3n) is 3.78. The molecule has 18 heavy (non-hydrogen) atoms. The second-order valence-corrected chi connectivity index (χ2v) is 5.22. The first kappa shape index (κ1) is 12.9. The van der Waals surface area contributed by atoms with E-state index in [4.69, 9.17) is 4.74 Å². The lowest BCUT2D eigenvalue weighted by Gasteiger charge is -2.19. The van der Waals surface area contributed by atoms with Crippen molar-refractivity contribution in [3.8, 4) is 0 Å². The molecule has 0 aromatic carbocycles. The molecular formula is C16H20O2. The van der Waals surface area contributed by atoms with Crippen LogP contribution in [0.15, 0.2) is 47.8 Å². The van der Waals surface area contributed by atoms with Gasteiger partial charge in [-0.3, -0.25) is 4.79 Å². The predicted molar refractivity (Wildman–Crippen MR) is 73.0 cm³/mol. The van der Waals surface area contributed by atoms with Crippen molar-refractivity contribution in [3.05, 3.63) is 47.8 Å². The normalized spacial score (nSPS) is 30.2. The maximum Gasteiger partial charge on any atom is 0.199 e. The van der Waals surface area contributed by atoms with Gasteiger partial charge in [-0.15, -0.1) is 0 Å². The minimum atomic E-state index is -0.290. The number of ketones is 1. The Kier molecular flexibility index (Phi) is 3.55. The van der Waals surface area contributed by atoms with E-state index in [9.17, 15) is 4.79 Å². The van der Waals surface area contributed by atoms with Gasteiger partial charge in [0.15, 0.2) is 11.9 Å². The maximum atomic E-state index is 11.8. The quantitative estimate of drug-likeness (QED) is 0.692. The molecule has 0 saturated carbocycles. The summed E-state index contributed by atoms with van der Waals surface area (Å²) in [5.74, 6) is 1.21. The van der Waals surface area contributed by atoms with E-state index in [1.165, 1.54) is 0 Å². The number of hydrogen-bond donors (Lipinski definition) is 0. The molecule has 2 unspecified atom stereocenters. The molecule has 0 spiro atoms. The fourth-order valence-corrected chi connectivity index (χ4v) is 2.43. The highest BCUT2D eigenvalue weighted by atomic mass is 16.5. The van der Waals surface area contributed by atoms with E-state index in [1.54, 1.807) is 6.08 Å². The molecule has 2 nitrogen and oxygen atoms in total. The fourth-order valence-electron chi connectivity index (χ4n) is 2.43. The van der Waals surface area contributed by atoms with Crippen LogP contribution >= 0.6 is 0 Å². The van der Waals surface area contributed by atoms with Crippen molar-refractivity contribution >= 4 is 5.78 Å². The largest absolute Gasteiger partial charge is 0.482 e. The Morgan fingerprint density at radius 3 is 2.78 bits per heavy atom. The zero-order chi connectivity index (χ0) is 13.3. The zero-order valence-corrected chi connectivity index (χ0v) is 11.2. The van der Waals surface area contributed by atoms with Crippen LogP contribution in [0.4, 0.5) is 0 Å². The Bertz CT molecular complexity index is 465. The van der Waals surface area contributed by atoms with Crippen molar-refractivity contribution < 1.29 is 9.53 Å². The van der Waals surface area contributed by atoms with Gasteiger partial charge in [0.2, 0.25) is 0 Å². The smallest absolute Gasteiger partial charge is 0.199 e. The average molecular weight is 244 g/mol. The summed E-state index contributed by atoms with van der Waals surface area (Å²) in [7, 11) is 0. The van der Waals surface area contributed by atoms with Crippen LogP contribution in [0.5, 0.6) is 0 Å². The van der Waals surface area contributed by atoms with E-state index in [0.717, 1.165) is 41.7 Å². The van der Waals surface area contributed by atoms with E-state index in [0.29, 0.717) is 5.92 Å². The summed E-state index contributed by atoms with van der Waals surface area (Å²) in [5.41, 5.74) is 3.17. The summed E-state index contributed by atoms with van der Waals surface area (Å²) < 4.78 is 5.69. The van der Waals surface area contributed by atoms with E-state index < -0.39 is 0 Å². The van der Waals surface area contributed by atoms with Gasteiger partial charge in [0.1, 0.15) is 5.76 Å². The van der Waals surface area contributed by atoms with Gasteiger partial charge in [0.05, 0.1) is 0 Å². The highest BCUT2D eigenvalue weighted by Crippen LogP contribution is 2.32. The molecule has 0 amide bonds. The van der Waals surface area contributed by atoms with Gasteiger partial charge in [-0.2, -0.15) is 0 Å². The zero-order valence-electron chi connectivity index (χ0n) is 11.2. The number of fused-ring (bicyclic) bond motifs is 2. The maximum absolute atomic E-state index is 11.8. The van der Waals surface area contributed by atoms with E-state index >= 15 is 0 Å². The summed E-state index contributed by atoms with van der Waals surface area (Å²) in [6.07, 6.45) is 6.11. The van der Waals surface area contributed by atoms with Crippen LogP contribution in [0.1, 0.15) is 33.1 Å². The Balaban J connectivity index is 2.22. The van der Waals surface area contributed by atoms with Crippen molar-refractivity contribution in [1.82, 2.24) is 0 Å². The summed E-state index contributed by atoms with van der Waals surface area (Å²) in [4.78, 5) is 11.8. The van der Waals surface area contributed by atoms with E-state index in [2.05, 4.69) is 19.2 Å². The molecule has 2 heteroatoms. The molecule has 2 bridgehead atoms. The molecule has 2 heterocycles. The minimum absolute atomic E-state index is 0.0966. The number of allylic oxidation sites excluding steroid dienone is 4. The first-order valence-electron chi connectivity index (χ1n) is 6.43. The molecule has 0 N–H and O–H groups in total. The van der Waals surface area contributed by atoms with Crippen LogP contribution in [-0.2, 0) is 9.53 Å². The lowest BCUT2D eigenvalue weighted by molar-refractivity contribution is -0.120. The monoisotopic (exact) mass is 244 g/mol.